The van der Waals surface area contributed by atoms with E-state index in [0.29, 0.717) is 17.9 Å². The normalized spacial score (nSPS) is 12.4. The maximum absolute atomic E-state index is 12.4. The average Bonchev–Trinajstić information content (AvgIpc) is 2.72. The summed E-state index contributed by atoms with van der Waals surface area (Å²) in [6, 6.07) is 15.8. The molecule has 5 heteroatoms. The van der Waals surface area contributed by atoms with E-state index in [1.54, 1.807) is 0 Å². The van der Waals surface area contributed by atoms with Crippen LogP contribution in [0.1, 0.15) is 37.1 Å². The first kappa shape index (κ1) is 19.3. The predicted octanol–water partition coefficient (Wildman–Crippen LogP) is 4.39. The zero-order valence-corrected chi connectivity index (χ0v) is 16.8. The summed E-state index contributed by atoms with van der Waals surface area (Å²) in [5.41, 5.74) is 6.48. The molecule has 2 aromatic carbocycles. The summed E-state index contributed by atoms with van der Waals surface area (Å²) in [5, 5.41) is 12.4. The van der Waals surface area contributed by atoms with Gasteiger partial charge in [0.2, 0.25) is 5.91 Å². The number of hydrogen-bond acceptors (Lipinski definition) is 4. The molecule has 0 unspecified atom stereocenters. The lowest BCUT2D eigenvalue weighted by Gasteiger charge is -2.21. The molecular formula is C24H25N3O2. The van der Waals surface area contributed by atoms with E-state index in [4.69, 9.17) is 9.97 Å². The first-order valence-corrected chi connectivity index (χ1v) is 10.0. The largest absolute Gasteiger partial charge is 0.392 e. The van der Waals surface area contributed by atoms with Crippen molar-refractivity contribution in [2.75, 3.05) is 5.32 Å². The molecule has 0 saturated carbocycles. The molecule has 0 bridgehead atoms. The molecule has 3 aromatic rings. The number of fused-ring (bicyclic) bond motifs is 3. The fourth-order valence-corrected chi connectivity index (χ4v) is 3.73. The number of amides is 1. The van der Waals surface area contributed by atoms with Crippen LogP contribution in [0.2, 0.25) is 0 Å². The molecule has 5 nitrogen and oxygen atoms in total. The van der Waals surface area contributed by atoms with Crippen LogP contribution in [-0.4, -0.2) is 21.0 Å². The topological polar surface area (TPSA) is 75.1 Å². The second-order valence-corrected chi connectivity index (χ2v) is 7.88. The van der Waals surface area contributed by atoms with Crippen molar-refractivity contribution in [2.45, 2.75) is 39.7 Å². The fourth-order valence-electron chi connectivity index (χ4n) is 3.73. The van der Waals surface area contributed by atoms with Crippen molar-refractivity contribution in [3.63, 3.8) is 0 Å². The Hall–Kier alpha value is -3.05. The van der Waals surface area contributed by atoms with Crippen LogP contribution in [0, 0.1) is 5.92 Å². The van der Waals surface area contributed by atoms with Gasteiger partial charge in [0.1, 0.15) is 5.69 Å². The number of benzene rings is 2. The quantitative estimate of drug-likeness (QED) is 0.681. The molecule has 1 aliphatic carbocycles. The van der Waals surface area contributed by atoms with E-state index in [1.165, 1.54) is 5.56 Å². The Morgan fingerprint density at radius 3 is 2.59 bits per heavy atom. The van der Waals surface area contributed by atoms with Gasteiger partial charge in [-0.2, -0.15) is 0 Å². The van der Waals surface area contributed by atoms with Crippen molar-refractivity contribution < 1.29 is 9.90 Å². The van der Waals surface area contributed by atoms with Crippen molar-refractivity contribution in [1.82, 2.24) is 9.97 Å². The number of aromatic nitrogens is 2. The van der Waals surface area contributed by atoms with E-state index in [9.17, 15) is 9.90 Å². The van der Waals surface area contributed by atoms with Crippen LogP contribution in [0.5, 0.6) is 0 Å². The third-order valence-corrected chi connectivity index (χ3v) is 5.11. The number of carbonyl (C=O) groups is 1. The zero-order chi connectivity index (χ0) is 20.4. The number of nitrogens with zero attached hydrogens (tertiary/aromatic N) is 2. The van der Waals surface area contributed by atoms with Gasteiger partial charge in [-0.3, -0.25) is 4.79 Å². The zero-order valence-electron chi connectivity index (χ0n) is 16.8. The SMILES string of the molecule is CC(C)CC(=O)Nc1nc2c(nc1-c1ccccc1)-c1ccc(CO)cc1CC2. The van der Waals surface area contributed by atoms with Crippen molar-refractivity contribution in [1.29, 1.82) is 0 Å². The van der Waals surface area contributed by atoms with Crippen LogP contribution in [0.15, 0.2) is 48.5 Å². The Labute approximate surface area is 170 Å². The highest BCUT2D eigenvalue weighted by Crippen LogP contribution is 2.36. The van der Waals surface area contributed by atoms with Gasteiger partial charge in [0.15, 0.2) is 5.82 Å². The number of nitrogens with one attached hydrogen (secondary N) is 1. The van der Waals surface area contributed by atoms with Crippen LogP contribution in [0.4, 0.5) is 5.82 Å². The highest BCUT2D eigenvalue weighted by Gasteiger charge is 2.23. The monoisotopic (exact) mass is 387 g/mol. The van der Waals surface area contributed by atoms with Gasteiger partial charge in [-0.25, -0.2) is 9.97 Å². The number of aryl methyl sites for hydroxylation is 2. The maximum Gasteiger partial charge on any atom is 0.225 e. The lowest BCUT2D eigenvalue weighted by Crippen LogP contribution is -2.18. The molecule has 4 rings (SSSR count). The molecule has 0 spiro atoms. The first-order valence-electron chi connectivity index (χ1n) is 10.0. The van der Waals surface area contributed by atoms with Gasteiger partial charge >= 0.3 is 0 Å². The molecule has 0 atom stereocenters. The van der Waals surface area contributed by atoms with Gasteiger partial charge in [-0.05, 0) is 29.9 Å². The lowest BCUT2D eigenvalue weighted by atomic mass is 9.90. The smallest absolute Gasteiger partial charge is 0.225 e. The summed E-state index contributed by atoms with van der Waals surface area (Å²) < 4.78 is 0. The number of carbonyl (C=O) groups excluding carboxylic acids is 1. The second kappa shape index (κ2) is 8.13. The predicted molar refractivity (Wildman–Crippen MR) is 114 cm³/mol. The van der Waals surface area contributed by atoms with E-state index < -0.39 is 0 Å². The molecule has 0 radical (unpaired) electrons. The molecule has 0 fully saturated rings. The van der Waals surface area contributed by atoms with Crippen molar-refractivity contribution >= 4 is 11.7 Å². The van der Waals surface area contributed by atoms with E-state index in [0.717, 1.165) is 40.9 Å². The van der Waals surface area contributed by atoms with Crippen molar-refractivity contribution in [2.24, 2.45) is 5.92 Å². The highest BCUT2D eigenvalue weighted by atomic mass is 16.3. The first-order chi connectivity index (χ1) is 14.0. The van der Waals surface area contributed by atoms with Gasteiger partial charge in [0.25, 0.3) is 0 Å². The molecule has 29 heavy (non-hydrogen) atoms. The van der Waals surface area contributed by atoms with Crippen LogP contribution >= 0.6 is 0 Å². The Balaban J connectivity index is 1.82. The molecule has 2 N–H and O–H groups in total. The summed E-state index contributed by atoms with van der Waals surface area (Å²) in [4.78, 5) is 22.2. The number of anilines is 1. The molecule has 148 valence electrons. The minimum absolute atomic E-state index is 0.0297. The molecule has 0 saturated heterocycles. The minimum atomic E-state index is -0.0461. The van der Waals surface area contributed by atoms with E-state index in [-0.39, 0.29) is 18.4 Å². The van der Waals surface area contributed by atoms with Gasteiger partial charge in [0.05, 0.1) is 18.0 Å². The Bertz CT molecular complexity index is 1050. The maximum atomic E-state index is 12.4. The Kier molecular flexibility index (Phi) is 5.41. The van der Waals surface area contributed by atoms with E-state index in [2.05, 4.69) is 5.32 Å². The van der Waals surface area contributed by atoms with Crippen LogP contribution < -0.4 is 5.32 Å². The number of hydrogen-bond donors (Lipinski definition) is 2. The lowest BCUT2D eigenvalue weighted by molar-refractivity contribution is -0.116. The molecule has 1 amide bonds. The van der Waals surface area contributed by atoms with Gasteiger partial charge in [-0.15, -0.1) is 0 Å². The second-order valence-electron chi connectivity index (χ2n) is 7.88. The van der Waals surface area contributed by atoms with Crippen molar-refractivity contribution in [3.05, 3.63) is 65.4 Å². The molecular weight excluding hydrogens is 362 g/mol. The minimum Gasteiger partial charge on any atom is -0.392 e. The van der Waals surface area contributed by atoms with Gasteiger partial charge in [-0.1, -0.05) is 62.4 Å². The number of aliphatic hydroxyl groups is 1. The summed E-state index contributed by atoms with van der Waals surface area (Å²) in [6.45, 7) is 4.07. The van der Waals surface area contributed by atoms with Gasteiger partial charge in [0, 0.05) is 17.5 Å². The Morgan fingerprint density at radius 2 is 1.86 bits per heavy atom. The molecule has 1 aromatic heterocycles. The number of rotatable bonds is 5. The molecule has 1 heterocycles. The molecule has 1 aliphatic rings. The third-order valence-electron chi connectivity index (χ3n) is 5.11. The van der Waals surface area contributed by atoms with E-state index >= 15 is 0 Å². The Morgan fingerprint density at radius 1 is 1.07 bits per heavy atom. The van der Waals surface area contributed by atoms with Crippen LogP contribution in [-0.2, 0) is 24.2 Å². The highest BCUT2D eigenvalue weighted by molar-refractivity contribution is 5.94. The standard InChI is InChI=1S/C24H25N3O2/c1-15(2)12-21(29)26-24-22(17-6-4-3-5-7-17)27-23-19-10-8-16(14-28)13-18(19)9-11-20(23)25-24/h3-8,10,13,15,28H,9,11-12,14H2,1-2H3,(H,25,26,29). The summed E-state index contributed by atoms with van der Waals surface area (Å²) in [6.07, 6.45) is 2.04. The van der Waals surface area contributed by atoms with Crippen molar-refractivity contribution in [3.8, 4) is 22.5 Å². The summed E-state index contributed by atoms with van der Waals surface area (Å²) in [5.74, 6) is 0.750. The van der Waals surface area contributed by atoms with Crippen LogP contribution in [0.3, 0.4) is 0 Å². The van der Waals surface area contributed by atoms with E-state index in [1.807, 2.05) is 62.4 Å². The van der Waals surface area contributed by atoms with Crippen LogP contribution in [0.25, 0.3) is 22.5 Å². The average molecular weight is 387 g/mol. The number of aliphatic hydroxyl groups excluding tert-OH is 1. The molecule has 0 aliphatic heterocycles. The summed E-state index contributed by atoms with van der Waals surface area (Å²) >= 11 is 0. The fraction of sp³-hybridized carbons (Fsp3) is 0.292. The third kappa shape index (κ3) is 4.05. The summed E-state index contributed by atoms with van der Waals surface area (Å²) in [7, 11) is 0. The van der Waals surface area contributed by atoms with Gasteiger partial charge < -0.3 is 10.4 Å².